The third kappa shape index (κ3) is 9.11. The number of nitrogens with two attached hydrogens (primary N) is 1. The predicted octanol–water partition coefficient (Wildman–Crippen LogP) is 7.32. The largest absolute Gasteiger partial charge is 0.508 e. The molecule has 0 saturated carbocycles. The monoisotopic (exact) mass is 640 g/mol. The number of halogens is 1. The first kappa shape index (κ1) is 30.7. The lowest BCUT2D eigenvalue weighted by Gasteiger charge is -2.28. The maximum atomic E-state index is 13.1. The molecule has 10 heteroatoms. The number of nitriles is 1. The summed E-state index contributed by atoms with van der Waals surface area (Å²) in [4.78, 5) is 25.6. The standard InChI is InChI=1S/C33H29BrN4O5/c34-23-16-19-29(39)26(20-23)32(43-33(41)37-24-17-14-22(21-35)15-18-24)30(42-25-8-2-1-3-9-25)12-6-7-13-31(40)38-28-11-5-4-10-27(28)36/h1-5,7-11,13-20,30,32,39H,6,12,36H2,(H,37,41)(H,38,40)/b13-7+/t30-,32-/m1/s1. The Bertz CT molecular complexity index is 1620. The minimum absolute atomic E-state index is 0.0867. The molecule has 0 aliphatic carbocycles. The molecule has 43 heavy (non-hydrogen) atoms. The Morgan fingerprint density at radius 3 is 2.42 bits per heavy atom. The minimum atomic E-state index is -1.05. The molecule has 4 rings (SSSR count). The van der Waals surface area contributed by atoms with Gasteiger partial charge in [0.25, 0.3) is 0 Å². The fraction of sp³-hybridized carbons (Fsp3) is 0.121. The highest BCUT2D eigenvalue weighted by Crippen LogP contribution is 2.36. The first-order valence-corrected chi connectivity index (χ1v) is 14.1. The van der Waals surface area contributed by atoms with Crippen LogP contribution in [0.5, 0.6) is 11.5 Å². The van der Waals surface area contributed by atoms with Crippen molar-refractivity contribution in [3.63, 3.8) is 0 Å². The SMILES string of the molecule is N#Cc1ccc(NC(=O)O[C@H](c2cc(Br)ccc2O)[C@@H](CC/C=C/C(=O)Nc2ccccc2N)Oc2ccccc2)cc1. The fourth-order valence-electron chi connectivity index (χ4n) is 4.17. The van der Waals surface area contributed by atoms with Crippen LogP contribution in [0.4, 0.5) is 21.9 Å². The van der Waals surface area contributed by atoms with Gasteiger partial charge in [-0.1, -0.05) is 52.3 Å². The summed E-state index contributed by atoms with van der Waals surface area (Å²) in [6, 6.07) is 29.1. The number of aromatic hydroxyl groups is 1. The Morgan fingerprint density at radius 2 is 1.70 bits per heavy atom. The van der Waals surface area contributed by atoms with Gasteiger partial charge in [-0.15, -0.1) is 0 Å². The number of carbonyl (C=O) groups is 2. The van der Waals surface area contributed by atoms with Gasteiger partial charge in [0, 0.05) is 15.7 Å². The molecule has 0 fully saturated rings. The van der Waals surface area contributed by atoms with E-state index in [0.29, 0.717) is 51.3 Å². The molecule has 4 aromatic rings. The molecule has 0 radical (unpaired) electrons. The lowest BCUT2D eigenvalue weighted by atomic mass is 9.99. The molecule has 0 spiro atoms. The quantitative estimate of drug-likeness (QED) is 0.0991. The number of ether oxygens (including phenoxy) is 2. The van der Waals surface area contributed by atoms with E-state index in [1.54, 1.807) is 78.9 Å². The number of para-hydroxylation sites is 3. The summed E-state index contributed by atoms with van der Waals surface area (Å²) in [5, 5.41) is 25.2. The normalized spacial score (nSPS) is 12.1. The van der Waals surface area contributed by atoms with Crippen LogP contribution < -0.4 is 21.1 Å². The van der Waals surface area contributed by atoms with Gasteiger partial charge in [0.05, 0.1) is 23.0 Å². The molecule has 0 aliphatic heterocycles. The van der Waals surface area contributed by atoms with Crippen LogP contribution in [0.1, 0.15) is 30.1 Å². The number of carbonyl (C=O) groups excluding carboxylic acids is 2. The Morgan fingerprint density at radius 1 is 0.977 bits per heavy atom. The minimum Gasteiger partial charge on any atom is -0.508 e. The van der Waals surface area contributed by atoms with Gasteiger partial charge in [0.2, 0.25) is 5.91 Å². The molecule has 4 aromatic carbocycles. The zero-order valence-corrected chi connectivity index (χ0v) is 24.5. The number of anilines is 3. The smallest absolute Gasteiger partial charge is 0.412 e. The van der Waals surface area contributed by atoms with Crippen molar-refractivity contribution in [1.82, 2.24) is 0 Å². The maximum Gasteiger partial charge on any atom is 0.412 e. The highest BCUT2D eigenvalue weighted by atomic mass is 79.9. The molecular weight excluding hydrogens is 612 g/mol. The molecule has 0 saturated heterocycles. The fourth-order valence-corrected chi connectivity index (χ4v) is 4.54. The molecule has 2 atom stereocenters. The van der Waals surface area contributed by atoms with E-state index in [1.165, 1.54) is 12.1 Å². The van der Waals surface area contributed by atoms with Crippen molar-refractivity contribution in [1.29, 1.82) is 5.26 Å². The van der Waals surface area contributed by atoms with Crippen LogP contribution in [-0.2, 0) is 9.53 Å². The zero-order valence-electron chi connectivity index (χ0n) is 22.9. The van der Waals surface area contributed by atoms with E-state index in [2.05, 4.69) is 26.6 Å². The van der Waals surface area contributed by atoms with Gasteiger partial charge < -0.3 is 25.6 Å². The number of benzene rings is 4. The number of nitrogens with one attached hydrogen (secondary N) is 2. The second-order valence-corrected chi connectivity index (χ2v) is 10.3. The first-order valence-electron chi connectivity index (χ1n) is 13.3. The Kier molecular flexibility index (Phi) is 10.8. The van der Waals surface area contributed by atoms with Crippen molar-refractivity contribution in [3.8, 4) is 17.6 Å². The maximum absolute atomic E-state index is 13.1. The highest BCUT2D eigenvalue weighted by Gasteiger charge is 2.31. The molecule has 0 unspecified atom stereocenters. The molecule has 0 bridgehead atoms. The molecule has 218 valence electrons. The first-order chi connectivity index (χ1) is 20.8. The van der Waals surface area contributed by atoms with E-state index in [4.69, 9.17) is 20.5 Å². The van der Waals surface area contributed by atoms with Crippen LogP contribution in [0, 0.1) is 11.3 Å². The van der Waals surface area contributed by atoms with E-state index in [-0.39, 0.29) is 11.7 Å². The third-order valence-electron chi connectivity index (χ3n) is 6.26. The zero-order chi connectivity index (χ0) is 30.6. The molecular formula is C33H29BrN4O5. The number of phenols is 1. The Balaban J connectivity index is 1.56. The lowest BCUT2D eigenvalue weighted by molar-refractivity contribution is -0.111. The van der Waals surface area contributed by atoms with E-state index >= 15 is 0 Å². The number of phenolic OH excluding ortho intramolecular Hbond substituents is 1. The van der Waals surface area contributed by atoms with Gasteiger partial charge in [-0.05, 0) is 85.6 Å². The van der Waals surface area contributed by atoms with E-state index in [9.17, 15) is 14.7 Å². The Hall–Kier alpha value is -5.27. The summed E-state index contributed by atoms with van der Waals surface area (Å²) in [6.45, 7) is 0. The van der Waals surface area contributed by atoms with Crippen LogP contribution in [0.15, 0.2) is 114 Å². The second-order valence-electron chi connectivity index (χ2n) is 9.37. The summed E-state index contributed by atoms with van der Waals surface area (Å²) >= 11 is 3.43. The van der Waals surface area contributed by atoms with Crippen molar-refractivity contribution in [2.45, 2.75) is 25.0 Å². The number of rotatable bonds is 11. The topological polar surface area (TPSA) is 147 Å². The van der Waals surface area contributed by atoms with Crippen molar-refractivity contribution in [2.24, 2.45) is 0 Å². The van der Waals surface area contributed by atoms with Gasteiger partial charge in [-0.25, -0.2) is 4.79 Å². The van der Waals surface area contributed by atoms with Crippen LogP contribution in [0.25, 0.3) is 0 Å². The van der Waals surface area contributed by atoms with Crippen molar-refractivity contribution >= 4 is 45.0 Å². The van der Waals surface area contributed by atoms with Gasteiger partial charge in [-0.2, -0.15) is 5.26 Å². The van der Waals surface area contributed by atoms with E-state index in [1.807, 2.05) is 24.3 Å². The van der Waals surface area contributed by atoms with Crippen LogP contribution in [0.3, 0.4) is 0 Å². The highest BCUT2D eigenvalue weighted by molar-refractivity contribution is 9.10. The van der Waals surface area contributed by atoms with Crippen molar-refractivity contribution in [2.75, 3.05) is 16.4 Å². The third-order valence-corrected chi connectivity index (χ3v) is 6.76. The molecule has 2 amide bonds. The van der Waals surface area contributed by atoms with Gasteiger partial charge in [0.15, 0.2) is 6.10 Å². The van der Waals surface area contributed by atoms with Crippen LogP contribution >= 0.6 is 15.9 Å². The summed E-state index contributed by atoms with van der Waals surface area (Å²) in [5.74, 6) is 0.0958. The lowest BCUT2D eigenvalue weighted by Crippen LogP contribution is -2.31. The average molecular weight is 642 g/mol. The molecule has 0 heterocycles. The van der Waals surface area contributed by atoms with E-state index < -0.39 is 18.3 Å². The van der Waals surface area contributed by atoms with E-state index in [0.717, 1.165) is 0 Å². The molecule has 9 nitrogen and oxygen atoms in total. The molecule has 0 aliphatic rings. The number of nitrogen functional groups attached to an aromatic ring is 1. The van der Waals surface area contributed by atoms with Crippen LogP contribution in [0.2, 0.25) is 0 Å². The second kappa shape index (κ2) is 15.1. The summed E-state index contributed by atoms with van der Waals surface area (Å²) in [7, 11) is 0. The number of nitrogens with zero attached hydrogens (tertiary/aromatic N) is 1. The molecule has 0 aromatic heterocycles. The molecule has 5 N–H and O–H groups in total. The summed E-state index contributed by atoms with van der Waals surface area (Å²) < 4.78 is 12.9. The number of allylic oxidation sites excluding steroid dienone is 1. The van der Waals surface area contributed by atoms with Crippen molar-refractivity contribution in [3.05, 3.63) is 125 Å². The van der Waals surface area contributed by atoms with Gasteiger partial charge >= 0.3 is 6.09 Å². The number of hydrogen-bond acceptors (Lipinski definition) is 7. The number of hydrogen-bond donors (Lipinski definition) is 4. The summed E-state index contributed by atoms with van der Waals surface area (Å²) in [6.07, 6.45) is 1.16. The van der Waals surface area contributed by atoms with Crippen LogP contribution in [-0.4, -0.2) is 23.2 Å². The number of amides is 2. The van der Waals surface area contributed by atoms with Crippen molar-refractivity contribution < 1.29 is 24.2 Å². The average Bonchev–Trinajstić information content (AvgIpc) is 3.01. The Labute approximate surface area is 257 Å². The predicted molar refractivity (Wildman–Crippen MR) is 169 cm³/mol. The summed E-state index contributed by atoms with van der Waals surface area (Å²) in [5.41, 5.74) is 8.07. The van der Waals surface area contributed by atoms with Gasteiger partial charge in [0.1, 0.15) is 17.6 Å². The van der Waals surface area contributed by atoms with Gasteiger partial charge in [-0.3, -0.25) is 10.1 Å².